The molecule has 1 aromatic rings. The Hall–Kier alpha value is -1.29. The van der Waals surface area contributed by atoms with Gasteiger partial charge in [-0.05, 0) is 17.7 Å². The number of fused-ring (bicyclic) bond motifs is 1. The molecule has 0 radical (unpaired) electrons. The van der Waals surface area contributed by atoms with E-state index >= 15 is 0 Å². The van der Waals surface area contributed by atoms with Crippen LogP contribution in [0.15, 0.2) is 22.7 Å². The van der Waals surface area contributed by atoms with Gasteiger partial charge in [0.15, 0.2) is 0 Å². The van der Waals surface area contributed by atoms with Gasteiger partial charge in [0.05, 0.1) is 11.3 Å². The summed E-state index contributed by atoms with van der Waals surface area (Å²) in [6.07, 6.45) is 3.88. The molecule has 0 fully saturated rings. The van der Waals surface area contributed by atoms with E-state index in [4.69, 9.17) is 5.11 Å². The second-order valence-electron chi connectivity index (χ2n) is 3.01. The van der Waals surface area contributed by atoms with E-state index in [1.54, 1.807) is 6.07 Å². The molecule has 0 saturated carbocycles. The Balaban J connectivity index is 2.65. The monoisotopic (exact) mass is 253 g/mol. The van der Waals surface area contributed by atoms with Gasteiger partial charge in [0.2, 0.25) is 0 Å². The molecular formula is C10H8BrNO2. The Kier molecular flexibility index (Phi) is 2.29. The van der Waals surface area contributed by atoms with Crippen molar-refractivity contribution in [2.45, 2.75) is 0 Å². The van der Waals surface area contributed by atoms with E-state index in [0.717, 1.165) is 10.0 Å². The molecule has 14 heavy (non-hydrogen) atoms. The highest BCUT2D eigenvalue weighted by Crippen LogP contribution is 2.29. The van der Waals surface area contributed by atoms with Crippen LogP contribution in [0.3, 0.4) is 0 Å². The van der Waals surface area contributed by atoms with Crippen molar-refractivity contribution in [1.29, 1.82) is 0 Å². The van der Waals surface area contributed by atoms with Crippen LogP contribution in [0.1, 0.15) is 15.9 Å². The third kappa shape index (κ3) is 1.53. The van der Waals surface area contributed by atoms with Crippen molar-refractivity contribution in [3.63, 3.8) is 0 Å². The minimum absolute atomic E-state index is 0.304. The molecule has 1 aliphatic rings. The Morgan fingerprint density at radius 2 is 2.29 bits per heavy atom. The van der Waals surface area contributed by atoms with Gasteiger partial charge in [0, 0.05) is 11.0 Å². The summed E-state index contributed by atoms with van der Waals surface area (Å²) in [4.78, 5) is 10.9. The first-order chi connectivity index (χ1) is 6.68. The average Bonchev–Trinajstić information content (AvgIpc) is 2.16. The predicted octanol–water partition coefficient (Wildman–Crippen LogP) is 2.59. The zero-order valence-corrected chi connectivity index (χ0v) is 8.84. The van der Waals surface area contributed by atoms with Crippen molar-refractivity contribution in [1.82, 2.24) is 0 Å². The highest BCUT2D eigenvalue weighted by molar-refractivity contribution is 9.10. The van der Waals surface area contributed by atoms with E-state index in [-0.39, 0.29) is 0 Å². The van der Waals surface area contributed by atoms with E-state index in [1.807, 2.05) is 18.2 Å². The lowest BCUT2D eigenvalue weighted by atomic mass is 10.0. The summed E-state index contributed by atoms with van der Waals surface area (Å²) >= 11 is 3.28. The molecule has 0 amide bonds. The number of anilines is 1. The Morgan fingerprint density at radius 1 is 1.50 bits per heavy atom. The number of benzene rings is 1. The summed E-state index contributed by atoms with van der Waals surface area (Å²) in [7, 11) is 0. The number of carboxylic acid groups (broad SMARTS) is 1. The van der Waals surface area contributed by atoms with Gasteiger partial charge in [-0.25, -0.2) is 4.79 Å². The average molecular weight is 254 g/mol. The van der Waals surface area contributed by atoms with Gasteiger partial charge in [-0.2, -0.15) is 0 Å². The first-order valence-electron chi connectivity index (χ1n) is 4.16. The van der Waals surface area contributed by atoms with E-state index in [2.05, 4.69) is 21.2 Å². The Bertz CT molecular complexity index is 426. The molecule has 0 spiro atoms. The second kappa shape index (κ2) is 3.46. The predicted molar refractivity (Wildman–Crippen MR) is 58.6 cm³/mol. The molecule has 1 aliphatic heterocycles. The summed E-state index contributed by atoms with van der Waals surface area (Å²) in [5, 5.41) is 12.0. The topological polar surface area (TPSA) is 49.3 Å². The zero-order chi connectivity index (χ0) is 10.1. The summed E-state index contributed by atoms with van der Waals surface area (Å²) < 4.78 is 0.780. The van der Waals surface area contributed by atoms with Gasteiger partial charge in [0.1, 0.15) is 0 Å². The van der Waals surface area contributed by atoms with Crippen molar-refractivity contribution < 1.29 is 9.90 Å². The number of nitrogens with one attached hydrogen (secondary N) is 1. The Labute approximate surface area is 89.6 Å². The number of carbonyl (C=O) groups is 1. The van der Waals surface area contributed by atoms with Crippen LogP contribution in [-0.4, -0.2) is 17.6 Å². The first-order valence-corrected chi connectivity index (χ1v) is 4.95. The molecule has 4 heteroatoms. The van der Waals surface area contributed by atoms with Gasteiger partial charge in [0.25, 0.3) is 0 Å². The number of halogens is 1. The van der Waals surface area contributed by atoms with E-state index in [1.165, 1.54) is 0 Å². The fourth-order valence-corrected chi connectivity index (χ4v) is 1.95. The molecule has 1 heterocycles. The van der Waals surface area contributed by atoms with Gasteiger partial charge in [-0.1, -0.05) is 28.1 Å². The largest absolute Gasteiger partial charge is 0.478 e. The molecule has 72 valence electrons. The maximum atomic E-state index is 10.9. The molecule has 0 saturated heterocycles. The lowest BCUT2D eigenvalue weighted by Crippen LogP contribution is -2.10. The van der Waals surface area contributed by atoms with E-state index in [0.29, 0.717) is 17.8 Å². The summed E-state index contributed by atoms with van der Waals surface area (Å²) in [5.74, 6) is -0.912. The van der Waals surface area contributed by atoms with Crippen LogP contribution in [0.2, 0.25) is 0 Å². The number of rotatable bonds is 1. The zero-order valence-electron chi connectivity index (χ0n) is 7.25. The Morgan fingerprint density at radius 3 is 3.00 bits per heavy atom. The van der Waals surface area contributed by atoms with Crippen LogP contribution in [0.4, 0.5) is 5.69 Å². The standard InChI is InChI=1S/C10H8BrNO2/c11-7-4-6-2-1-3-12-9(6)8(5-7)10(13)14/h1-2,4-5,12H,3H2,(H,13,14). The van der Waals surface area contributed by atoms with Crippen LogP contribution in [0.25, 0.3) is 6.08 Å². The van der Waals surface area contributed by atoms with Crippen molar-refractivity contribution in [2.75, 3.05) is 11.9 Å². The molecule has 1 aromatic carbocycles. The molecule has 3 nitrogen and oxygen atoms in total. The minimum atomic E-state index is -0.912. The van der Waals surface area contributed by atoms with Gasteiger partial charge in [-0.3, -0.25) is 0 Å². The molecule has 2 N–H and O–H groups in total. The molecule has 2 rings (SSSR count). The van der Waals surface area contributed by atoms with Crippen LogP contribution >= 0.6 is 15.9 Å². The van der Waals surface area contributed by atoms with Crippen molar-refractivity contribution >= 4 is 33.7 Å². The van der Waals surface area contributed by atoms with Crippen molar-refractivity contribution in [3.8, 4) is 0 Å². The summed E-state index contributed by atoms with van der Waals surface area (Å²) in [6.45, 7) is 0.676. The molecular weight excluding hydrogens is 246 g/mol. The molecule has 0 unspecified atom stereocenters. The molecule has 0 aliphatic carbocycles. The maximum Gasteiger partial charge on any atom is 0.337 e. The quantitative estimate of drug-likeness (QED) is 0.809. The molecule has 0 aromatic heterocycles. The van der Waals surface area contributed by atoms with E-state index < -0.39 is 5.97 Å². The lowest BCUT2D eigenvalue weighted by molar-refractivity contribution is 0.0698. The third-order valence-electron chi connectivity index (χ3n) is 2.06. The molecule has 0 bridgehead atoms. The summed E-state index contributed by atoms with van der Waals surface area (Å²) in [6, 6.07) is 3.50. The normalized spacial score (nSPS) is 13.2. The summed E-state index contributed by atoms with van der Waals surface area (Å²) in [5.41, 5.74) is 1.91. The highest BCUT2D eigenvalue weighted by atomic mass is 79.9. The fourth-order valence-electron chi connectivity index (χ4n) is 1.47. The van der Waals surface area contributed by atoms with Gasteiger partial charge < -0.3 is 10.4 Å². The van der Waals surface area contributed by atoms with Crippen LogP contribution in [0, 0.1) is 0 Å². The molecule has 0 atom stereocenters. The van der Waals surface area contributed by atoms with Crippen LogP contribution in [-0.2, 0) is 0 Å². The number of aromatic carboxylic acids is 1. The van der Waals surface area contributed by atoms with Crippen LogP contribution < -0.4 is 5.32 Å². The SMILES string of the molecule is O=C(O)c1cc(Br)cc2c1NCC=C2. The van der Waals surface area contributed by atoms with Gasteiger partial charge >= 0.3 is 5.97 Å². The first kappa shape index (κ1) is 9.27. The van der Waals surface area contributed by atoms with Crippen LogP contribution in [0.5, 0.6) is 0 Å². The third-order valence-corrected chi connectivity index (χ3v) is 2.52. The highest BCUT2D eigenvalue weighted by Gasteiger charge is 2.15. The maximum absolute atomic E-state index is 10.9. The second-order valence-corrected chi connectivity index (χ2v) is 3.92. The number of hydrogen-bond donors (Lipinski definition) is 2. The van der Waals surface area contributed by atoms with E-state index in [9.17, 15) is 4.79 Å². The fraction of sp³-hybridized carbons (Fsp3) is 0.100. The van der Waals surface area contributed by atoms with Crippen molar-refractivity contribution in [2.24, 2.45) is 0 Å². The lowest BCUT2D eigenvalue weighted by Gasteiger charge is -2.15. The van der Waals surface area contributed by atoms with Gasteiger partial charge in [-0.15, -0.1) is 0 Å². The smallest absolute Gasteiger partial charge is 0.337 e. The van der Waals surface area contributed by atoms with Crippen molar-refractivity contribution in [3.05, 3.63) is 33.8 Å². The minimum Gasteiger partial charge on any atom is -0.478 e. The number of carboxylic acids is 1. The number of hydrogen-bond acceptors (Lipinski definition) is 2.